The molecule has 0 aliphatic heterocycles. The molecule has 1 saturated carbocycles. The van der Waals surface area contributed by atoms with E-state index in [2.05, 4.69) is 10.5 Å². The first-order valence-corrected chi connectivity index (χ1v) is 8.49. The number of benzene rings is 2. The molecule has 3 rings (SSSR count). The van der Waals surface area contributed by atoms with Gasteiger partial charge in [0.25, 0.3) is 0 Å². The smallest absolute Gasteiger partial charge is 0.119 e. The Kier molecular flexibility index (Phi) is 5.54. The Hall–Kier alpha value is -2.00. The Labute approximate surface area is 142 Å². The molecule has 1 aliphatic carbocycles. The molecule has 0 amide bonds. The van der Waals surface area contributed by atoms with Gasteiger partial charge in [-0.1, -0.05) is 18.0 Å². The van der Waals surface area contributed by atoms with E-state index in [1.54, 1.807) is 6.21 Å². The average molecular weight is 329 g/mol. The van der Waals surface area contributed by atoms with E-state index in [1.807, 2.05) is 48.5 Å². The fourth-order valence-electron chi connectivity index (χ4n) is 2.71. The lowest BCUT2D eigenvalue weighted by Crippen LogP contribution is -2.19. The molecule has 3 nitrogen and oxygen atoms in total. The number of hydrazone groups is 1. The van der Waals surface area contributed by atoms with Crippen molar-refractivity contribution in [1.29, 1.82) is 0 Å². The van der Waals surface area contributed by atoms with Gasteiger partial charge >= 0.3 is 0 Å². The third-order valence-electron chi connectivity index (χ3n) is 3.99. The van der Waals surface area contributed by atoms with E-state index in [1.165, 1.54) is 32.1 Å². The number of nitrogens with one attached hydrogen (secondary N) is 1. The molecule has 0 unspecified atom stereocenters. The molecule has 0 atom stereocenters. The van der Waals surface area contributed by atoms with E-state index in [0.29, 0.717) is 11.1 Å². The van der Waals surface area contributed by atoms with Crippen molar-refractivity contribution in [2.75, 3.05) is 5.43 Å². The molecule has 23 heavy (non-hydrogen) atoms. The number of hydrogen-bond acceptors (Lipinski definition) is 3. The van der Waals surface area contributed by atoms with Crippen LogP contribution in [0.2, 0.25) is 5.02 Å². The van der Waals surface area contributed by atoms with Gasteiger partial charge in [0, 0.05) is 5.02 Å². The Morgan fingerprint density at radius 3 is 2.35 bits per heavy atom. The number of hydrogen-bond donors (Lipinski definition) is 1. The summed E-state index contributed by atoms with van der Waals surface area (Å²) in [6.45, 7) is 0. The zero-order chi connectivity index (χ0) is 15.9. The van der Waals surface area contributed by atoms with Crippen molar-refractivity contribution in [3.05, 3.63) is 59.1 Å². The minimum Gasteiger partial charge on any atom is -0.490 e. The van der Waals surface area contributed by atoms with Crippen molar-refractivity contribution in [2.24, 2.45) is 5.10 Å². The van der Waals surface area contributed by atoms with E-state index < -0.39 is 0 Å². The summed E-state index contributed by atoms with van der Waals surface area (Å²) in [6, 6.07) is 15.5. The van der Waals surface area contributed by atoms with Gasteiger partial charge in [-0.05, 0) is 79.8 Å². The minimum atomic E-state index is 0.384. The molecule has 2 aromatic rings. The van der Waals surface area contributed by atoms with Crippen LogP contribution >= 0.6 is 11.6 Å². The molecule has 1 N–H and O–H groups in total. The highest BCUT2D eigenvalue weighted by atomic mass is 35.5. The van der Waals surface area contributed by atoms with Crippen LogP contribution in [0.1, 0.15) is 37.7 Å². The standard InChI is InChI=1S/C19H21ClN2O/c20-16-8-10-17(11-9-16)22-21-14-15-6-12-19(13-7-15)23-18-4-2-1-3-5-18/h6-14,18,22H,1-5H2. The molecular weight excluding hydrogens is 308 g/mol. The third kappa shape index (κ3) is 5.00. The normalized spacial score (nSPS) is 15.7. The maximum absolute atomic E-state index is 6.02. The molecule has 0 spiro atoms. The summed E-state index contributed by atoms with van der Waals surface area (Å²) in [5, 5.41) is 4.94. The molecule has 2 aromatic carbocycles. The fraction of sp³-hybridized carbons (Fsp3) is 0.316. The molecule has 1 fully saturated rings. The second-order valence-corrected chi connectivity index (χ2v) is 6.26. The summed E-state index contributed by atoms with van der Waals surface area (Å²) in [4.78, 5) is 0. The Balaban J connectivity index is 1.52. The zero-order valence-electron chi connectivity index (χ0n) is 13.0. The molecule has 0 radical (unpaired) electrons. The van der Waals surface area contributed by atoms with Crippen molar-refractivity contribution in [3.8, 4) is 5.75 Å². The maximum Gasteiger partial charge on any atom is 0.119 e. The van der Waals surface area contributed by atoms with Gasteiger partial charge in [0.05, 0.1) is 18.0 Å². The molecule has 120 valence electrons. The monoisotopic (exact) mass is 328 g/mol. The predicted molar refractivity (Wildman–Crippen MR) is 96.6 cm³/mol. The lowest BCUT2D eigenvalue weighted by molar-refractivity contribution is 0.155. The molecular formula is C19H21ClN2O. The van der Waals surface area contributed by atoms with Crippen molar-refractivity contribution in [1.82, 2.24) is 0 Å². The summed E-state index contributed by atoms with van der Waals surface area (Å²) in [6.07, 6.45) is 8.43. The SMILES string of the molecule is Clc1ccc(NN=Cc2ccc(OC3CCCCC3)cc2)cc1. The first-order chi connectivity index (χ1) is 11.3. The molecule has 0 bridgehead atoms. The van der Waals surface area contributed by atoms with E-state index in [4.69, 9.17) is 16.3 Å². The van der Waals surface area contributed by atoms with Crippen LogP contribution in [-0.4, -0.2) is 12.3 Å². The van der Waals surface area contributed by atoms with Crippen molar-refractivity contribution in [3.63, 3.8) is 0 Å². The maximum atomic E-state index is 6.02. The lowest BCUT2D eigenvalue weighted by Gasteiger charge is -2.22. The van der Waals surface area contributed by atoms with Crippen molar-refractivity contribution < 1.29 is 4.74 Å². The molecule has 1 aliphatic rings. The first kappa shape index (κ1) is 15.9. The van der Waals surface area contributed by atoms with Gasteiger partial charge in [0.15, 0.2) is 0 Å². The van der Waals surface area contributed by atoms with Crippen molar-refractivity contribution in [2.45, 2.75) is 38.2 Å². The number of ether oxygens (including phenoxy) is 1. The van der Waals surface area contributed by atoms with Gasteiger partial charge in [-0.3, -0.25) is 5.43 Å². The van der Waals surface area contributed by atoms with Crippen LogP contribution in [0.5, 0.6) is 5.75 Å². The molecule has 0 saturated heterocycles. The summed E-state index contributed by atoms with van der Waals surface area (Å²) < 4.78 is 6.02. The highest BCUT2D eigenvalue weighted by Crippen LogP contribution is 2.23. The number of nitrogens with zero attached hydrogens (tertiary/aromatic N) is 1. The van der Waals surface area contributed by atoms with Crippen LogP contribution in [0.4, 0.5) is 5.69 Å². The van der Waals surface area contributed by atoms with E-state index in [9.17, 15) is 0 Å². The van der Waals surface area contributed by atoms with Crippen LogP contribution < -0.4 is 10.2 Å². The highest BCUT2D eigenvalue weighted by Gasteiger charge is 2.14. The van der Waals surface area contributed by atoms with Gasteiger partial charge in [-0.25, -0.2) is 0 Å². The van der Waals surface area contributed by atoms with Gasteiger partial charge in [-0.2, -0.15) is 5.10 Å². The first-order valence-electron chi connectivity index (χ1n) is 8.11. The van der Waals surface area contributed by atoms with Crippen LogP contribution in [0.25, 0.3) is 0 Å². The van der Waals surface area contributed by atoms with E-state index in [0.717, 1.165) is 17.0 Å². The molecule has 0 aromatic heterocycles. The Bertz CT molecular complexity index is 631. The second-order valence-electron chi connectivity index (χ2n) is 5.82. The van der Waals surface area contributed by atoms with Gasteiger partial charge in [0.2, 0.25) is 0 Å². The third-order valence-corrected chi connectivity index (χ3v) is 4.24. The van der Waals surface area contributed by atoms with Crippen LogP contribution in [-0.2, 0) is 0 Å². The Morgan fingerprint density at radius 2 is 1.65 bits per heavy atom. The summed E-state index contributed by atoms with van der Waals surface area (Å²) in [5.74, 6) is 0.944. The largest absolute Gasteiger partial charge is 0.490 e. The predicted octanol–water partition coefficient (Wildman–Crippen LogP) is 5.50. The highest BCUT2D eigenvalue weighted by molar-refractivity contribution is 6.30. The minimum absolute atomic E-state index is 0.384. The van der Waals surface area contributed by atoms with Crippen LogP contribution in [0.3, 0.4) is 0 Å². The summed E-state index contributed by atoms with van der Waals surface area (Å²) >= 11 is 5.85. The Morgan fingerprint density at radius 1 is 0.957 bits per heavy atom. The number of halogens is 1. The zero-order valence-corrected chi connectivity index (χ0v) is 13.8. The quantitative estimate of drug-likeness (QED) is 0.581. The van der Waals surface area contributed by atoms with E-state index >= 15 is 0 Å². The summed E-state index contributed by atoms with van der Waals surface area (Å²) in [7, 11) is 0. The summed E-state index contributed by atoms with van der Waals surface area (Å²) in [5.41, 5.74) is 4.92. The van der Waals surface area contributed by atoms with Gasteiger partial charge < -0.3 is 4.74 Å². The molecule has 4 heteroatoms. The lowest BCUT2D eigenvalue weighted by atomic mass is 9.98. The van der Waals surface area contributed by atoms with Crippen LogP contribution in [0, 0.1) is 0 Å². The fourth-order valence-corrected chi connectivity index (χ4v) is 2.84. The van der Waals surface area contributed by atoms with Gasteiger partial charge in [0.1, 0.15) is 5.75 Å². The van der Waals surface area contributed by atoms with Crippen LogP contribution in [0.15, 0.2) is 53.6 Å². The van der Waals surface area contributed by atoms with Gasteiger partial charge in [-0.15, -0.1) is 0 Å². The average Bonchev–Trinajstić information content (AvgIpc) is 2.59. The number of rotatable bonds is 5. The van der Waals surface area contributed by atoms with Crippen molar-refractivity contribution >= 4 is 23.5 Å². The van der Waals surface area contributed by atoms with E-state index in [-0.39, 0.29) is 0 Å². The number of anilines is 1. The second kappa shape index (κ2) is 8.02. The molecule has 0 heterocycles. The topological polar surface area (TPSA) is 33.6 Å².